The lowest BCUT2D eigenvalue weighted by molar-refractivity contribution is -0.674. The molecule has 0 unspecified atom stereocenters. The normalized spacial score (nSPS) is 24.3. The average Bonchev–Trinajstić information content (AvgIpc) is 2.88. The highest BCUT2D eigenvalue weighted by molar-refractivity contribution is 7.99. The predicted octanol–water partition coefficient (Wildman–Crippen LogP) is 0.501. The van der Waals surface area contributed by atoms with Crippen LogP contribution in [0.4, 0.5) is 0 Å². The number of aliphatic carboxylic acids is 1. The third kappa shape index (κ3) is 3.53. The SMILES string of the molecule is C[C@@H](O)[C@H]1C(=O)N2C(C(=O)O)=C(CSc3cc[n+](C)c(C(=O)N(C)C)c3)[C@H](C)[C@H]12. The molecule has 4 atom stereocenters. The van der Waals surface area contributed by atoms with Crippen LogP contribution in [0.25, 0.3) is 0 Å². The maximum absolute atomic E-state index is 12.4. The topological polar surface area (TPSA) is 102 Å². The molecule has 1 aromatic rings. The van der Waals surface area contributed by atoms with Gasteiger partial charge in [0.05, 0.1) is 18.1 Å². The van der Waals surface area contributed by atoms with Crippen LogP contribution in [0.1, 0.15) is 24.3 Å². The number of carbonyl (C=O) groups excluding carboxylic acids is 2. The van der Waals surface area contributed by atoms with Crippen LogP contribution in [0.5, 0.6) is 0 Å². The second-order valence-electron chi connectivity index (χ2n) is 7.78. The zero-order valence-electron chi connectivity index (χ0n) is 17.1. The summed E-state index contributed by atoms with van der Waals surface area (Å²) in [6.07, 6.45) is 0.978. The number of fused-ring (bicyclic) bond motifs is 1. The van der Waals surface area contributed by atoms with E-state index in [1.54, 1.807) is 44.9 Å². The number of rotatable bonds is 6. The van der Waals surface area contributed by atoms with Gasteiger partial charge in [-0.3, -0.25) is 9.59 Å². The van der Waals surface area contributed by atoms with Crippen molar-refractivity contribution in [2.24, 2.45) is 18.9 Å². The van der Waals surface area contributed by atoms with Crippen LogP contribution in [0, 0.1) is 11.8 Å². The molecular weight excluding hydrogens is 394 g/mol. The number of pyridine rings is 1. The maximum atomic E-state index is 12.4. The Balaban J connectivity index is 1.85. The summed E-state index contributed by atoms with van der Waals surface area (Å²) in [5, 5.41) is 19.6. The average molecular weight is 421 g/mol. The molecular formula is C20H26N3O5S+. The molecule has 156 valence electrons. The minimum atomic E-state index is -1.13. The number of amides is 2. The highest BCUT2D eigenvalue weighted by atomic mass is 32.2. The molecule has 0 aromatic carbocycles. The number of hydrogen-bond acceptors (Lipinski definition) is 5. The molecule has 2 aliphatic heterocycles. The van der Waals surface area contributed by atoms with E-state index >= 15 is 0 Å². The molecule has 0 saturated carbocycles. The lowest BCUT2D eigenvalue weighted by Crippen LogP contribution is -2.63. The third-order valence-corrected chi connectivity index (χ3v) is 6.70. The largest absolute Gasteiger partial charge is 0.477 e. The van der Waals surface area contributed by atoms with Crippen LogP contribution < -0.4 is 4.57 Å². The van der Waals surface area contributed by atoms with Gasteiger partial charge in [0.25, 0.3) is 5.69 Å². The maximum Gasteiger partial charge on any atom is 0.352 e. The van der Waals surface area contributed by atoms with E-state index in [1.165, 1.54) is 21.6 Å². The van der Waals surface area contributed by atoms with E-state index in [2.05, 4.69) is 0 Å². The Morgan fingerprint density at radius 3 is 2.59 bits per heavy atom. The van der Waals surface area contributed by atoms with Gasteiger partial charge in [0.15, 0.2) is 6.20 Å². The molecule has 1 saturated heterocycles. The first-order chi connectivity index (χ1) is 13.6. The van der Waals surface area contributed by atoms with Crippen molar-refractivity contribution in [2.75, 3.05) is 19.8 Å². The van der Waals surface area contributed by atoms with E-state index in [1.807, 2.05) is 13.0 Å². The molecule has 3 rings (SSSR count). The monoisotopic (exact) mass is 420 g/mol. The van der Waals surface area contributed by atoms with Crippen molar-refractivity contribution < 1.29 is 29.2 Å². The molecule has 9 heteroatoms. The van der Waals surface area contributed by atoms with E-state index in [9.17, 15) is 24.6 Å². The van der Waals surface area contributed by atoms with Gasteiger partial charge < -0.3 is 20.0 Å². The number of carboxylic acid groups (broad SMARTS) is 1. The highest BCUT2D eigenvalue weighted by Gasteiger charge is 2.59. The first kappa shape index (κ1) is 21.3. The summed E-state index contributed by atoms with van der Waals surface area (Å²) >= 11 is 1.43. The minimum absolute atomic E-state index is 0.0305. The summed E-state index contributed by atoms with van der Waals surface area (Å²) in [5.41, 5.74) is 1.24. The van der Waals surface area contributed by atoms with Crippen molar-refractivity contribution in [3.8, 4) is 0 Å². The number of aliphatic hydroxyl groups is 1. The van der Waals surface area contributed by atoms with Crippen molar-refractivity contribution in [3.63, 3.8) is 0 Å². The zero-order chi connectivity index (χ0) is 21.6. The third-order valence-electron chi connectivity index (χ3n) is 5.66. The van der Waals surface area contributed by atoms with E-state index in [-0.39, 0.29) is 29.5 Å². The van der Waals surface area contributed by atoms with Crippen molar-refractivity contribution in [1.29, 1.82) is 0 Å². The fourth-order valence-corrected chi connectivity index (χ4v) is 5.15. The van der Waals surface area contributed by atoms with Crippen LogP contribution in [-0.2, 0) is 16.6 Å². The molecule has 0 spiro atoms. The van der Waals surface area contributed by atoms with Crippen molar-refractivity contribution in [2.45, 2.75) is 30.9 Å². The summed E-state index contributed by atoms with van der Waals surface area (Å²) in [6, 6.07) is 3.34. The number of thioether (sulfide) groups is 1. The Bertz CT molecular complexity index is 911. The number of hydrogen-bond donors (Lipinski definition) is 2. The van der Waals surface area contributed by atoms with Gasteiger partial charge in [0, 0.05) is 42.8 Å². The van der Waals surface area contributed by atoms with Crippen LogP contribution in [0.15, 0.2) is 34.5 Å². The Morgan fingerprint density at radius 1 is 1.38 bits per heavy atom. The van der Waals surface area contributed by atoms with Crippen LogP contribution >= 0.6 is 11.8 Å². The molecule has 1 aromatic heterocycles. The second-order valence-corrected chi connectivity index (χ2v) is 8.83. The Hall–Kier alpha value is -2.39. The van der Waals surface area contributed by atoms with Gasteiger partial charge in [-0.1, -0.05) is 6.92 Å². The van der Waals surface area contributed by atoms with Gasteiger partial charge in [0.2, 0.25) is 5.91 Å². The number of β-lactam (4-membered cyclic amide) rings is 1. The number of aryl methyl sites for hydroxylation is 1. The summed E-state index contributed by atoms with van der Waals surface area (Å²) in [5.74, 6) is -1.92. The first-order valence-corrected chi connectivity index (χ1v) is 10.4. The molecule has 2 aliphatic rings. The molecule has 1 fully saturated rings. The van der Waals surface area contributed by atoms with Gasteiger partial charge in [-0.05, 0) is 12.5 Å². The molecule has 29 heavy (non-hydrogen) atoms. The molecule has 2 N–H and O–H groups in total. The second kappa shape index (κ2) is 7.79. The van der Waals surface area contributed by atoms with Gasteiger partial charge in [-0.15, -0.1) is 11.8 Å². The number of nitrogens with zero attached hydrogens (tertiary/aromatic N) is 3. The zero-order valence-corrected chi connectivity index (χ0v) is 17.9. The highest BCUT2D eigenvalue weighted by Crippen LogP contribution is 2.48. The fourth-order valence-electron chi connectivity index (χ4n) is 4.08. The van der Waals surface area contributed by atoms with Crippen LogP contribution in [0.2, 0.25) is 0 Å². The molecule has 3 heterocycles. The molecule has 8 nitrogen and oxygen atoms in total. The van der Waals surface area contributed by atoms with Gasteiger partial charge in [0.1, 0.15) is 12.7 Å². The molecule has 0 aliphatic carbocycles. The molecule has 0 radical (unpaired) electrons. The number of carbonyl (C=O) groups is 3. The van der Waals surface area contributed by atoms with Crippen LogP contribution in [0.3, 0.4) is 0 Å². The minimum Gasteiger partial charge on any atom is -0.477 e. The summed E-state index contributed by atoms with van der Waals surface area (Å²) in [7, 11) is 5.17. The lowest BCUT2D eigenvalue weighted by Gasteiger charge is -2.46. The Kier molecular flexibility index (Phi) is 5.73. The number of aliphatic hydroxyl groups excluding tert-OH is 1. The number of carboxylic acids is 1. The number of aromatic nitrogens is 1. The fraction of sp³-hybridized carbons (Fsp3) is 0.500. The Labute approximate surface area is 173 Å². The predicted molar refractivity (Wildman–Crippen MR) is 106 cm³/mol. The standard InChI is InChI=1S/C20H25N3O5S/c1-10-13(17(20(27)28)23-16(10)15(11(2)24)19(23)26)9-29-12-6-7-22(5)14(8-12)18(25)21(3)4/h6-8,10-11,15-16,24H,9H2,1-5H3/p+1/t10-,11+,15+,16+/m0/s1. The Morgan fingerprint density at radius 2 is 2.03 bits per heavy atom. The van der Waals surface area contributed by atoms with E-state index in [0.717, 1.165) is 4.90 Å². The molecule has 0 bridgehead atoms. The first-order valence-electron chi connectivity index (χ1n) is 9.37. The smallest absolute Gasteiger partial charge is 0.352 e. The van der Waals surface area contributed by atoms with Crippen molar-refractivity contribution in [1.82, 2.24) is 9.80 Å². The van der Waals surface area contributed by atoms with E-state index < -0.39 is 18.0 Å². The van der Waals surface area contributed by atoms with Crippen molar-refractivity contribution >= 4 is 29.5 Å². The summed E-state index contributed by atoms with van der Waals surface area (Å²) < 4.78 is 1.74. The summed E-state index contributed by atoms with van der Waals surface area (Å²) in [4.78, 5) is 40.3. The van der Waals surface area contributed by atoms with Crippen LogP contribution in [-0.4, -0.2) is 69.8 Å². The summed E-state index contributed by atoms with van der Waals surface area (Å²) in [6.45, 7) is 3.46. The van der Waals surface area contributed by atoms with E-state index in [4.69, 9.17) is 0 Å². The van der Waals surface area contributed by atoms with E-state index in [0.29, 0.717) is 17.0 Å². The lowest BCUT2D eigenvalue weighted by atomic mass is 9.78. The quantitative estimate of drug-likeness (QED) is 0.395. The van der Waals surface area contributed by atoms with Gasteiger partial charge in [-0.25, -0.2) is 4.79 Å². The van der Waals surface area contributed by atoms with Crippen molar-refractivity contribution in [3.05, 3.63) is 35.3 Å². The molecule has 2 amide bonds. The van der Waals surface area contributed by atoms with Gasteiger partial charge >= 0.3 is 11.9 Å². The van der Waals surface area contributed by atoms with Gasteiger partial charge in [-0.2, -0.15) is 4.57 Å².